The molecule has 2 aromatic heterocycles. The monoisotopic (exact) mass is 273 g/mol. The first-order valence-corrected chi connectivity index (χ1v) is 6.84. The lowest BCUT2D eigenvalue weighted by Gasteiger charge is -2.16. The third-order valence-electron chi connectivity index (χ3n) is 3.50. The first-order valence-electron chi connectivity index (χ1n) is 6.84. The molecule has 0 spiro atoms. The normalized spacial score (nSPS) is 14.7. The van der Waals surface area contributed by atoms with Crippen molar-refractivity contribution in [3.8, 4) is 0 Å². The molecule has 0 aromatic carbocycles. The van der Waals surface area contributed by atoms with Gasteiger partial charge in [-0.05, 0) is 25.0 Å². The number of likely N-dealkylation sites (N-methyl/N-ethyl adjacent to an activating group) is 1. The molecule has 6 nitrogen and oxygen atoms in total. The maximum Gasteiger partial charge on any atom is 0.236 e. The standard InChI is InChI=1S/C14H19N5O/c1-18(9-12(15)20)14-11(8-16-10-5-6-10)19-7-3-2-4-13(19)17-14/h2-4,7,10,16H,5-6,8-9H2,1H3,(H2,15,20). The number of pyridine rings is 1. The number of hydrogen-bond donors (Lipinski definition) is 2. The van der Waals surface area contributed by atoms with Crippen LogP contribution < -0.4 is 16.0 Å². The van der Waals surface area contributed by atoms with Crippen LogP contribution >= 0.6 is 0 Å². The van der Waals surface area contributed by atoms with Crippen LogP contribution in [0.4, 0.5) is 5.82 Å². The highest BCUT2D eigenvalue weighted by Crippen LogP contribution is 2.23. The Kier molecular flexibility index (Phi) is 3.31. The topological polar surface area (TPSA) is 75.7 Å². The Morgan fingerprint density at radius 2 is 2.35 bits per heavy atom. The molecule has 0 unspecified atom stereocenters. The summed E-state index contributed by atoms with van der Waals surface area (Å²) in [6.45, 7) is 0.911. The number of imidazole rings is 1. The molecule has 2 heterocycles. The number of fused-ring (bicyclic) bond motifs is 1. The van der Waals surface area contributed by atoms with Gasteiger partial charge in [-0.15, -0.1) is 0 Å². The SMILES string of the molecule is CN(CC(N)=O)c1nc2ccccn2c1CNC1CC1. The van der Waals surface area contributed by atoms with Crippen molar-refractivity contribution in [2.24, 2.45) is 5.73 Å². The lowest BCUT2D eigenvalue weighted by Crippen LogP contribution is -2.32. The maximum atomic E-state index is 11.1. The molecule has 0 radical (unpaired) electrons. The molecule has 1 aliphatic rings. The van der Waals surface area contributed by atoms with Crippen molar-refractivity contribution < 1.29 is 4.79 Å². The lowest BCUT2D eigenvalue weighted by atomic mass is 10.3. The Morgan fingerprint density at radius 3 is 3.05 bits per heavy atom. The number of nitrogens with one attached hydrogen (secondary N) is 1. The smallest absolute Gasteiger partial charge is 0.236 e. The highest BCUT2D eigenvalue weighted by molar-refractivity contribution is 5.79. The molecule has 1 amide bonds. The number of amides is 1. The van der Waals surface area contributed by atoms with E-state index in [0.717, 1.165) is 23.7 Å². The first-order chi connectivity index (χ1) is 9.65. The Morgan fingerprint density at radius 1 is 1.55 bits per heavy atom. The molecule has 1 aliphatic carbocycles. The number of carbonyl (C=O) groups is 1. The van der Waals surface area contributed by atoms with Crippen LogP contribution in [0.1, 0.15) is 18.5 Å². The second kappa shape index (κ2) is 5.13. The van der Waals surface area contributed by atoms with Gasteiger partial charge in [0, 0.05) is 25.8 Å². The molecule has 1 fully saturated rings. The van der Waals surface area contributed by atoms with Gasteiger partial charge in [-0.2, -0.15) is 0 Å². The second-order valence-electron chi connectivity index (χ2n) is 5.29. The average molecular weight is 273 g/mol. The minimum absolute atomic E-state index is 0.167. The van der Waals surface area contributed by atoms with E-state index >= 15 is 0 Å². The van der Waals surface area contributed by atoms with Gasteiger partial charge in [0.2, 0.25) is 5.91 Å². The lowest BCUT2D eigenvalue weighted by molar-refractivity contribution is -0.116. The minimum Gasteiger partial charge on any atom is -0.368 e. The van der Waals surface area contributed by atoms with Crippen LogP contribution in [0.5, 0.6) is 0 Å². The molecule has 2 aromatic rings. The van der Waals surface area contributed by atoms with E-state index in [2.05, 4.69) is 14.7 Å². The van der Waals surface area contributed by atoms with E-state index in [9.17, 15) is 4.79 Å². The number of hydrogen-bond acceptors (Lipinski definition) is 4. The number of anilines is 1. The summed E-state index contributed by atoms with van der Waals surface area (Å²) in [6, 6.07) is 6.52. The van der Waals surface area contributed by atoms with Crippen LogP contribution in [0.2, 0.25) is 0 Å². The Hall–Kier alpha value is -2.08. The quantitative estimate of drug-likeness (QED) is 0.804. The van der Waals surface area contributed by atoms with E-state index in [1.54, 1.807) is 4.90 Å². The van der Waals surface area contributed by atoms with E-state index in [-0.39, 0.29) is 12.5 Å². The Bertz CT molecular complexity index is 632. The molecule has 0 saturated heterocycles. The molecular formula is C14H19N5O. The van der Waals surface area contributed by atoms with Crippen molar-refractivity contribution in [2.45, 2.75) is 25.4 Å². The summed E-state index contributed by atoms with van der Waals surface area (Å²) in [7, 11) is 1.84. The minimum atomic E-state index is -0.356. The fourth-order valence-electron chi connectivity index (χ4n) is 2.34. The van der Waals surface area contributed by atoms with E-state index in [0.29, 0.717) is 6.04 Å². The Balaban J connectivity index is 1.94. The van der Waals surface area contributed by atoms with Gasteiger partial charge in [0.25, 0.3) is 0 Å². The van der Waals surface area contributed by atoms with E-state index in [1.165, 1.54) is 12.8 Å². The van der Waals surface area contributed by atoms with E-state index < -0.39 is 0 Å². The van der Waals surface area contributed by atoms with Crippen molar-refractivity contribution in [3.63, 3.8) is 0 Å². The summed E-state index contributed by atoms with van der Waals surface area (Å²) >= 11 is 0. The van der Waals surface area contributed by atoms with Gasteiger partial charge in [0.05, 0.1) is 12.2 Å². The number of nitrogens with two attached hydrogens (primary N) is 1. The number of nitrogens with zero attached hydrogens (tertiary/aromatic N) is 3. The van der Waals surface area contributed by atoms with Crippen LogP contribution in [0.15, 0.2) is 24.4 Å². The highest BCUT2D eigenvalue weighted by atomic mass is 16.1. The van der Waals surface area contributed by atoms with Crippen molar-refractivity contribution in [2.75, 3.05) is 18.5 Å². The predicted molar refractivity (Wildman–Crippen MR) is 77.5 cm³/mol. The summed E-state index contributed by atoms with van der Waals surface area (Å²) in [6.07, 6.45) is 4.47. The fraction of sp³-hybridized carbons (Fsp3) is 0.429. The number of primary amides is 1. The summed E-state index contributed by atoms with van der Waals surface area (Å²) < 4.78 is 2.06. The fourth-order valence-corrected chi connectivity index (χ4v) is 2.34. The molecule has 106 valence electrons. The van der Waals surface area contributed by atoms with Crippen molar-refractivity contribution >= 4 is 17.4 Å². The molecule has 0 bridgehead atoms. The van der Waals surface area contributed by atoms with Crippen LogP contribution in [0.25, 0.3) is 5.65 Å². The number of rotatable bonds is 6. The van der Waals surface area contributed by atoms with Gasteiger partial charge >= 0.3 is 0 Å². The Labute approximate surface area is 117 Å². The summed E-state index contributed by atoms with van der Waals surface area (Å²) in [4.78, 5) is 17.5. The van der Waals surface area contributed by atoms with Gasteiger partial charge in [-0.3, -0.25) is 4.79 Å². The first kappa shape index (κ1) is 12.9. The van der Waals surface area contributed by atoms with Gasteiger partial charge in [-0.25, -0.2) is 4.98 Å². The van der Waals surface area contributed by atoms with Crippen LogP contribution in [-0.2, 0) is 11.3 Å². The molecule has 0 atom stereocenters. The summed E-state index contributed by atoms with van der Waals surface area (Å²) in [5, 5.41) is 3.50. The summed E-state index contributed by atoms with van der Waals surface area (Å²) in [5.41, 5.74) is 7.22. The highest BCUT2D eigenvalue weighted by Gasteiger charge is 2.23. The zero-order valence-corrected chi connectivity index (χ0v) is 11.5. The molecule has 0 aliphatic heterocycles. The van der Waals surface area contributed by atoms with E-state index in [1.807, 2.05) is 31.4 Å². The molecule has 20 heavy (non-hydrogen) atoms. The van der Waals surface area contributed by atoms with Crippen LogP contribution in [-0.4, -0.2) is 34.9 Å². The molecular weight excluding hydrogens is 254 g/mol. The zero-order chi connectivity index (χ0) is 14.1. The largest absolute Gasteiger partial charge is 0.368 e. The average Bonchev–Trinajstić information content (AvgIpc) is 3.16. The van der Waals surface area contributed by atoms with Crippen molar-refractivity contribution in [1.29, 1.82) is 0 Å². The van der Waals surface area contributed by atoms with Crippen LogP contribution in [0, 0.1) is 0 Å². The van der Waals surface area contributed by atoms with Gasteiger partial charge in [-0.1, -0.05) is 6.07 Å². The molecule has 3 rings (SSSR count). The van der Waals surface area contributed by atoms with Crippen LogP contribution in [0.3, 0.4) is 0 Å². The van der Waals surface area contributed by atoms with E-state index in [4.69, 9.17) is 5.73 Å². The number of aromatic nitrogens is 2. The zero-order valence-electron chi connectivity index (χ0n) is 11.5. The molecule has 6 heteroatoms. The van der Waals surface area contributed by atoms with Gasteiger partial charge in [0.15, 0.2) is 5.82 Å². The molecule has 1 saturated carbocycles. The van der Waals surface area contributed by atoms with Gasteiger partial charge < -0.3 is 20.4 Å². The third-order valence-corrected chi connectivity index (χ3v) is 3.50. The second-order valence-corrected chi connectivity index (χ2v) is 5.29. The third kappa shape index (κ3) is 2.60. The predicted octanol–water partition coefficient (Wildman–Crippen LogP) is 0.508. The van der Waals surface area contributed by atoms with Crippen molar-refractivity contribution in [3.05, 3.63) is 30.1 Å². The van der Waals surface area contributed by atoms with Gasteiger partial charge in [0.1, 0.15) is 5.65 Å². The summed E-state index contributed by atoms with van der Waals surface area (Å²) in [5.74, 6) is 0.453. The number of carbonyl (C=O) groups excluding carboxylic acids is 1. The molecule has 3 N–H and O–H groups in total. The van der Waals surface area contributed by atoms with Crippen molar-refractivity contribution in [1.82, 2.24) is 14.7 Å². The maximum absolute atomic E-state index is 11.1.